The molecule has 0 spiro atoms. The van der Waals surface area contributed by atoms with Gasteiger partial charge in [-0.2, -0.15) is 0 Å². The van der Waals surface area contributed by atoms with Crippen LogP contribution in [0.5, 0.6) is 0 Å². The van der Waals surface area contributed by atoms with Crippen LogP contribution < -0.4 is 0 Å². The third-order valence-electron chi connectivity index (χ3n) is 1.90. The van der Waals surface area contributed by atoms with Crippen LogP contribution in [0.25, 0.3) is 10.1 Å². The number of carbonyl (C=O) groups excluding carboxylic acids is 1. The van der Waals surface area contributed by atoms with Gasteiger partial charge in [-0.15, -0.1) is 11.3 Å². The van der Waals surface area contributed by atoms with Crippen LogP contribution in [-0.4, -0.2) is 6.29 Å². The molecule has 13 heavy (non-hydrogen) atoms. The van der Waals surface area contributed by atoms with Gasteiger partial charge in [0, 0.05) is 9.17 Å². The van der Waals surface area contributed by atoms with Crippen molar-refractivity contribution in [2.75, 3.05) is 0 Å². The minimum Gasteiger partial charge on any atom is -0.297 e. The fourth-order valence-corrected chi connectivity index (χ4v) is 2.88. The second-order valence-corrected chi connectivity index (χ2v) is 4.91. The summed E-state index contributed by atoms with van der Waals surface area (Å²) in [6, 6.07) is 6.02. The van der Waals surface area contributed by atoms with Gasteiger partial charge in [0.25, 0.3) is 0 Å². The van der Waals surface area contributed by atoms with Crippen molar-refractivity contribution in [2.24, 2.45) is 0 Å². The van der Waals surface area contributed by atoms with Crippen molar-refractivity contribution in [3.05, 3.63) is 33.1 Å². The number of halogens is 1. The van der Waals surface area contributed by atoms with Crippen LogP contribution in [-0.2, 0) is 0 Å². The van der Waals surface area contributed by atoms with Gasteiger partial charge in [0.05, 0.1) is 4.88 Å². The third kappa shape index (κ3) is 1.54. The molecule has 1 aromatic carbocycles. The number of aldehydes is 1. The Morgan fingerprint density at radius 2 is 2.15 bits per heavy atom. The lowest BCUT2D eigenvalue weighted by atomic mass is 10.2. The van der Waals surface area contributed by atoms with Crippen LogP contribution in [0.3, 0.4) is 0 Å². The molecule has 1 heterocycles. The standard InChI is InChI=1S/C10H7BrOS/c1-6-2-8(11)3-7-4-9(5-12)13-10(6)7/h2-5H,1H3. The summed E-state index contributed by atoms with van der Waals surface area (Å²) in [7, 11) is 0. The highest BCUT2D eigenvalue weighted by atomic mass is 79.9. The Balaban J connectivity index is 2.82. The molecular formula is C10H7BrOS. The zero-order valence-corrected chi connectivity index (χ0v) is 9.41. The number of hydrogen-bond donors (Lipinski definition) is 0. The molecule has 0 saturated heterocycles. The van der Waals surface area contributed by atoms with Gasteiger partial charge >= 0.3 is 0 Å². The molecule has 0 saturated carbocycles. The molecule has 66 valence electrons. The smallest absolute Gasteiger partial charge is 0.160 e. The molecule has 0 radical (unpaired) electrons. The largest absolute Gasteiger partial charge is 0.297 e. The first-order valence-electron chi connectivity index (χ1n) is 3.85. The molecule has 0 unspecified atom stereocenters. The lowest BCUT2D eigenvalue weighted by Crippen LogP contribution is -1.71. The average molecular weight is 255 g/mol. The van der Waals surface area contributed by atoms with Gasteiger partial charge in [-0.3, -0.25) is 4.79 Å². The number of fused-ring (bicyclic) bond motifs is 1. The molecule has 0 N–H and O–H groups in total. The second kappa shape index (κ2) is 3.24. The predicted octanol–water partition coefficient (Wildman–Crippen LogP) is 3.78. The number of carbonyl (C=O) groups is 1. The van der Waals surface area contributed by atoms with Crippen molar-refractivity contribution in [3.63, 3.8) is 0 Å². The van der Waals surface area contributed by atoms with Crippen LogP contribution >= 0.6 is 27.3 Å². The minimum absolute atomic E-state index is 0.788. The van der Waals surface area contributed by atoms with E-state index in [1.165, 1.54) is 10.3 Å². The summed E-state index contributed by atoms with van der Waals surface area (Å²) in [5.41, 5.74) is 1.21. The van der Waals surface area contributed by atoms with Gasteiger partial charge < -0.3 is 0 Å². The van der Waals surface area contributed by atoms with Crippen molar-refractivity contribution in [3.8, 4) is 0 Å². The van der Waals surface area contributed by atoms with Crippen molar-refractivity contribution in [1.82, 2.24) is 0 Å². The fourth-order valence-electron chi connectivity index (χ4n) is 1.36. The Kier molecular flexibility index (Phi) is 2.22. The second-order valence-electron chi connectivity index (χ2n) is 2.91. The first kappa shape index (κ1) is 8.91. The highest BCUT2D eigenvalue weighted by molar-refractivity contribution is 9.10. The maximum Gasteiger partial charge on any atom is 0.160 e. The first-order chi connectivity index (χ1) is 6.20. The number of hydrogen-bond acceptors (Lipinski definition) is 2. The van der Waals surface area contributed by atoms with Gasteiger partial charge in [-0.25, -0.2) is 0 Å². The minimum atomic E-state index is 0.788. The van der Waals surface area contributed by atoms with Crippen LogP contribution in [0.1, 0.15) is 15.2 Å². The molecule has 0 bridgehead atoms. The van der Waals surface area contributed by atoms with Gasteiger partial charge in [0.2, 0.25) is 0 Å². The van der Waals surface area contributed by atoms with E-state index in [1.54, 1.807) is 11.3 Å². The molecule has 1 aromatic heterocycles. The first-order valence-corrected chi connectivity index (χ1v) is 5.46. The van der Waals surface area contributed by atoms with E-state index in [9.17, 15) is 4.79 Å². The summed E-state index contributed by atoms with van der Waals surface area (Å²) in [6.07, 6.45) is 0.901. The molecule has 0 aliphatic heterocycles. The summed E-state index contributed by atoms with van der Waals surface area (Å²) < 4.78 is 2.26. The van der Waals surface area contributed by atoms with Crippen molar-refractivity contribution in [1.29, 1.82) is 0 Å². The van der Waals surface area contributed by atoms with E-state index in [0.29, 0.717) is 0 Å². The van der Waals surface area contributed by atoms with E-state index in [-0.39, 0.29) is 0 Å². The van der Waals surface area contributed by atoms with Crippen molar-refractivity contribution >= 4 is 43.6 Å². The van der Waals surface area contributed by atoms with Crippen LogP contribution in [0.2, 0.25) is 0 Å². The Labute approximate surface area is 88.5 Å². The molecule has 0 amide bonds. The van der Waals surface area contributed by atoms with E-state index in [1.807, 2.05) is 12.1 Å². The zero-order chi connectivity index (χ0) is 9.42. The monoisotopic (exact) mass is 254 g/mol. The Bertz CT molecular complexity index is 473. The van der Waals surface area contributed by atoms with Crippen LogP contribution in [0.4, 0.5) is 0 Å². The topological polar surface area (TPSA) is 17.1 Å². The summed E-state index contributed by atoms with van der Waals surface area (Å²) in [5, 5.41) is 1.14. The van der Waals surface area contributed by atoms with Crippen LogP contribution in [0, 0.1) is 6.92 Å². The highest BCUT2D eigenvalue weighted by Crippen LogP contribution is 2.30. The quantitative estimate of drug-likeness (QED) is 0.708. The van der Waals surface area contributed by atoms with E-state index < -0.39 is 0 Å². The lowest BCUT2D eigenvalue weighted by Gasteiger charge is -1.95. The Morgan fingerprint density at radius 1 is 1.38 bits per heavy atom. The Hall–Kier alpha value is -0.670. The third-order valence-corrected chi connectivity index (χ3v) is 3.57. The Morgan fingerprint density at radius 3 is 2.85 bits per heavy atom. The van der Waals surface area contributed by atoms with E-state index in [2.05, 4.69) is 28.9 Å². The van der Waals surface area contributed by atoms with Crippen LogP contribution in [0.15, 0.2) is 22.7 Å². The van der Waals surface area contributed by atoms with E-state index in [0.717, 1.165) is 21.0 Å². The van der Waals surface area contributed by atoms with Crippen molar-refractivity contribution < 1.29 is 4.79 Å². The fraction of sp³-hybridized carbons (Fsp3) is 0.100. The molecule has 3 heteroatoms. The van der Waals surface area contributed by atoms with Gasteiger partial charge in [-0.1, -0.05) is 15.9 Å². The lowest BCUT2D eigenvalue weighted by molar-refractivity contribution is 0.112. The van der Waals surface area contributed by atoms with Crippen molar-refractivity contribution in [2.45, 2.75) is 6.92 Å². The molecular weight excluding hydrogens is 248 g/mol. The predicted molar refractivity (Wildman–Crippen MR) is 59.6 cm³/mol. The number of aryl methyl sites for hydroxylation is 1. The molecule has 2 rings (SSSR count). The van der Waals surface area contributed by atoms with E-state index in [4.69, 9.17) is 0 Å². The normalized spacial score (nSPS) is 10.6. The zero-order valence-electron chi connectivity index (χ0n) is 7.00. The molecule has 0 aliphatic carbocycles. The summed E-state index contributed by atoms with van der Waals surface area (Å²) in [6.45, 7) is 2.05. The summed E-state index contributed by atoms with van der Waals surface area (Å²) in [5.74, 6) is 0. The molecule has 2 aromatic rings. The SMILES string of the molecule is Cc1cc(Br)cc2cc(C=O)sc12. The van der Waals surface area contributed by atoms with Gasteiger partial charge in [-0.05, 0) is 36.1 Å². The maximum atomic E-state index is 10.6. The number of rotatable bonds is 1. The molecule has 0 fully saturated rings. The van der Waals surface area contributed by atoms with Gasteiger partial charge in [0.15, 0.2) is 6.29 Å². The summed E-state index contributed by atoms with van der Waals surface area (Å²) >= 11 is 4.97. The number of benzene rings is 1. The average Bonchev–Trinajstić information content (AvgIpc) is 2.47. The van der Waals surface area contributed by atoms with E-state index >= 15 is 0 Å². The molecule has 0 atom stereocenters. The molecule has 0 aliphatic rings. The summed E-state index contributed by atoms with van der Waals surface area (Å²) in [4.78, 5) is 11.4. The maximum absolute atomic E-state index is 10.6. The van der Waals surface area contributed by atoms with Gasteiger partial charge in [0.1, 0.15) is 0 Å². The number of thiophene rings is 1. The highest BCUT2D eigenvalue weighted by Gasteiger charge is 2.04. The molecule has 1 nitrogen and oxygen atoms in total.